The predicted molar refractivity (Wildman–Crippen MR) is 102 cm³/mol. The minimum absolute atomic E-state index is 0.129. The highest BCUT2D eigenvalue weighted by molar-refractivity contribution is 5.94. The Morgan fingerprint density at radius 1 is 1.08 bits per heavy atom. The van der Waals surface area contributed by atoms with Gasteiger partial charge in [0.15, 0.2) is 0 Å². The second-order valence-corrected chi connectivity index (χ2v) is 8.07. The van der Waals surface area contributed by atoms with Gasteiger partial charge in [0.05, 0.1) is 6.10 Å². The number of carbonyl (C=O) groups excluding carboxylic acids is 1. The zero-order chi connectivity index (χ0) is 17.8. The zero-order valence-corrected chi connectivity index (χ0v) is 15.7. The van der Waals surface area contributed by atoms with E-state index in [0.29, 0.717) is 11.8 Å². The molecular weight excluding hydrogens is 312 g/mol. The van der Waals surface area contributed by atoms with E-state index in [4.69, 9.17) is 0 Å². The smallest absolute Gasteiger partial charge is 0.253 e. The zero-order valence-electron chi connectivity index (χ0n) is 15.7. The number of aliphatic hydroxyl groups is 1. The molecule has 1 atom stereocenters. The van der Waals surface area contributed by atoms with Gasteiger partial charge in [-0.1, -0.05) is 13.8 Å². The van der Waals surface area contributed by atoms with Crippen LogP contribution in [0.5, 0.6) is 0 Å². The van der Waals surface area contributed by atoms with Crippen LogP contribution in [0.2, 0.25) is 0 Å². The maximum Gasteiger partial charge on any atom is 0.253 e. The van der Waals surface area contributed by atoms with Crippen molar-refractivity contribution in [1.29, 1.82) is 0 Å². The molecule has 138 valence electrons. The first-order valence-corrected chi connectivity index (χ1v) is 9.87. The van der Waals surface area contributed by atoms with Crippen LogP contribution in [0.3, 0.4) is 0 Å². The van der Waals surface area contributed by atoms with Gasteiger partial charge in [0.1, 0.15) is 0 Å². The molecule has 2 fully saturated rings. The number of likely N-dealkylation sites (tertiary alicyclic amines) is 1. The lowest BCUT2D eigenvalue weighted by atomic mass is 9.87. The molecule has 2 saturated heterocycles. The van der Waals surface area contributed by atoms with Crippen LogP contribution in [0.25, 0.3) is 0 Å². The summed E-state index contributed by atoms with van der Waals surface area (Å²) in [4.78, 5) is 17.1. The Morgan fingerprint density at radius 3 is 2.24 bits per heavy atom. The molecule has 25 heavy (non-hydrogen) atoms. The fourth-order valence-electron chi connectivity index (χ4n) is 4.14. The lowest BCUT2D eigenvalue weighted by Crippen LogP contribution is -2.41. The minimum Gasteiger partial charge on any atom is -0.393 e. The molecule has 0 bridgehead atoms. The molecule has 0 aliphatic carbocycles. The van der Waals surface area contributed by atoms with Gasteiger partial charge in [-0.15, -0.1) is 0 Å². The first kappa shape index (κ1) is 18.2. The number of amides is 1. The highest BCUT2D eigenvalue weighted by Gasteiger charge is 2.28. The Bertz CT molecular complexity index is 556. The van der Waals surface area contributed by atoms with Crippen LogP contribution in [0.1, 0.15) is 56.3 Å². The summed E-state index contributed by atoms with van der Waals surface area (Å²) in [6, 6.07) is 8.10. The number of piperidine rings is 1. The molecule has 0 unspecified atom stereocenters. The number of hydrogen-bond donors (Lipinski definition) is 1. The molecule has 1 N–H and O–H groups in total. The molecule has 1 aromatic rings. The summed E-state index contributed by atoms with van der Waals surface area (Å²) in [7, 11) is 0. The summed E-state index contributed by atoms with van der Waals surface area (Å²) < 4.78 is 0. The Hall–Kier alpha value is -1.55. The molecule has 0 aromatic heterocycles. The summed E-state index contributed by atoms with van der Waals surface area (Å²) >= 11 is 0. The molecule has 0 spiro atoms. The van der Waals surface area contributed by atoms with E-state index in [1.807, 2.05) is 17.0 Å². The third-order valence-corrected chi connectivity index (χ3v) is 5.67. The summed E-state index contributed by atoms with van der Waals surface area (Å²) in [6.07, 6.45) is 4.97. The van der Waals surface area contributed by atoms with Crippen molar-refractivity contribution in [3.05, 3.63) is 29.8 Å². The average Bonchev–Trinajstić information content (AvgIpc) is 3.15. The lowest BCUT2D eigenvalue weighted by Gasteiger charge is -2.34. The molecule has 2 aliphatic rings. The van der Waals surface area contributed by atoms with Gasteiger partial charge < -0.3 is 14.9 Å². The lowest BCUT2D eigenvalue weighted by molar-refractivity contribution is 0.0385. The maximum atomic E-state index is 12.7. The number of hydrogen-bond acceptors (Lipinski definition) is 3. The van der Waals surface area contributed by atoms with Gasteiger partial charge in [-0.05, 0) is 68.2 Å². The van der Waals surface area contributed by atoms with Crippen LogP contribution in [-0.2, 0) is 0 Å². The van der Waals surface area contributed by atoms with Crippen LogP contribution in [0, 0.1) is 11.8 Å². The van der Waals surface area contributed by atoms with Crippen LogP contribution in [-0.4, -0.2) is 48.2 Å². The van der Waals surface area contributed by atoms with E-state index in [2.05, 4.69) is 30.9 Å². The van der Waals surface area contributed by atoms with Gasteiger partial charge in [0.2, 0.25) is 0 Å². The van der Waals surface area contributed by atoms with Crippen LogP contribution in [0.15, 0.2) is 24.3 Å². The van der Waals surface area contributed by atoms with E-state index in [1.165, 1.54) is 18.5 Å². The number of benzene rings is 1. The van der Waals surface area contributed by atoms with Crippen molar-refractivity contribution in [3.8, 4) is 0 Å². The Morgan fingerprint density at radius 2 is 1.68 bits per heavy atom. The van der Waals surface area contributed by atoms with Crippen molar-refractivity contribution in [2.75, 3.05) is 31.1 Å². The molecule has 4 nitrogen and oxygen atoms in total. The molecule has 0 radical (unpaired) electrons. The monoisotopic (exact) mass is 344 g/mol. The van der Waals surface area contributed by atoms with Gasteiger partial charge in [0, 0.05) is 37.4 Å². The van der Waals surface area contributed by atoms with Gasteiger partial charge in [-0.25, -0.2) is 0 Å². The van der Waals surface area contributed by atoms with E-state index in [0.717, 1.165) is 51.0 Å². The van der Waals surface area contributed by atoms with E-state index in [9.17, 15) is 9.90 Å². The van der Waals surface area contributed by atoms with Gasteiger partial charge >= 0.3 is 0 Å². The average molecular weight is 344 g/mol. The molecule has 4 heteroatoms. The highest BCUT2D eigenvalue weighted by Crippen LogP contribution is 2.26. The number of nitrogens with zero attached hydrogens (tertiary/aromatic N) is 2. The molecular formula is C21H32N2O2. The van der Waals surface area contributed by atoms with Crippen molar-refractivity contribution >= 4 is 11.6 Å². The Kier molecular flexibility index (Phi) is 6.00. The number of carbonyl (C=O) groups is 1. The van der Waals surface area contributed by atoms with Crippen LogP contribution < -0.4 is 4.90 Å². The first-order chi connectivity index (χ1) is 12.0. The molecule has 1 amide bonds. The van der Waals surface area contributed by atoms with Gasteiger partial charge in [0.25, 0.3) is 5.91 Å². The topological polar surface area (TPSA) is 43.8 Å². The Balaban J connectivity index is 1.53. The third kappa shape index (κ3) is 4.55. The molecule has 3 rings (SSSR count). The summed E-state index contributed by atoms with van der Waals surface area (Å²) in [5.41, 5.74) is 2.01. The standard InChI is InChI=1S/C21H32N2O2/c1-16(2)15-20(24)17-9-13-23(14-10-17)21(25)18-5-7-19(8-6-18)22-11-3-4-12-22/h5-8,16-17,20,24H,3-4,9-15H2,1-2H3/t20-/m1/s1. The number of anilines is 1. The van der Waals surface area contributed by atoms with E-state index < -0.39 is 0 Å². The minimum atomic E-state index is -0.225. The third-order valence-electron chi connectivity index (χ3n) is 5.67. The van der Waals surface area contributed by atoms with E-state index in [-0.39, 0.29) is 12.0 Å². The van der Waals surface area contributed by atoms with Gasteiger partial charge in [-0.3, -0.25) is 4.79 Å². The summed E-state index contributed by atoms with van der Waals surface area (Å²) in [5.74, 6) is 0.984. The molecule has 0 saturated carbocycles. The quantitative estimate of drug-likeness (QED) is 0.888. The normalized spacial score (nSPS) is 20.3. The highest BCUT2D eigenvalue weighted by atomic mass is 16.3. The fraction of sp³-hybridized carbons (Fsp3) is 0.667. The molecule has 2 heterocycles. The Labute approximate surface area is 151 Å². The fourth-order valence-corrected chi connectivity index (χ4v) is 4.14. The summed E-state index contributed by atoms with van der Waals surface area (Å²) in [5, 5.41) is 10.3. The second kappa shape index (κ2) is 8.22. The number of aliphatic hydroxyl groups excluding tert-OH is 1. The van der Waals surface area contributed by atoms with Crippen molar-refractivity contribution in [1.82, 2.24) is 4.90 Å². The van der Waals surface area contributed by atoms with Crippen LogP contribution >= 0.6 is 0 Å². The largest absolute Gasteiger partial charge is 0.393 e. The van der Waals surface area contributed by atoms with Crippen LogP contribution in [0.4, 0.5) is 5.69 Å². The molecule has 1 aromatic carbocycles. The van der Waals surface area contributed by atoms with Gasteiger partial charge in [-0.2, -0.15) is 0 Å². The van der Waals surface area contributed by atoms with Crippen molar-refractivity contribution in [2.45, 2.75) is 52.1 Å². The molecule has 2 aliphatic heterocycles. The predicted octanol–water partition coefficient (Wildman–Crippen LogP) is 3.55. The summed E-state index contributed by atoms with van der Waals surface area (Å²) in [6.45, 7) is 8.06. The first-order valence-electron chi connectivity index (χ1n) is 9.87. The SMILES string of the molecule is CC(C)C[C@@H](O)C1CCN(C(=O)c2ccc(N3CCCC3)cc2)CC1. The van der Waals surface area contributed by atoms with E-state index in [1.54, 1.807) is 0 Å². The van der Waals surface area contributed by atoms with E-state index >= 15 is 0 Å². The van der Waals surface area contributed by atoms with Crippen molar-refractivity contribution in [2.24, 2.45) is 11.8 Å². The number of rotatable bonds is 5. The van der Waals surface area contributed by atoms with Crippen molar-refractivity contribution in [3.63, 3.8) is 0 Å². The second-order valence-electron chi connectivity index (χ2n) is 8.07. The van der Waals surface area contributed by atoms with Crippen molar-refractivity contribution < 1.29 is 9.90 Å². The maximum absolute atomic E-state index is 12.7.